The lowest BCUT2D eigenvalue weighted by Gasteiger charge is -2.42. The van der Waals surface area contributed by atoms with Crippen molar-refractivity contribution in [1.82, 2.24) is 18.5 Å². The van der Waals surface area contributed by atoms with Gasteiger partial charge in [0.1, 0.15) is 17.0 Å². The largest absolute Gasteiger partial charge is 0.334 e. The number of hydrogen-bond donors (Lipinski definition) is 1. The first-order chi connectivity index (χ1) is 14.4. The minimum Gasteiger partial charge on any atom is -0.304 e. The minimum atomic E-state index is -0.914. The van der Waals surface area contributed by atoms with Crippen molar-refractivity contribution in [3.05, 3.63) is 72.2 Å². The maximum Gasteiger partial charge on any atom is 0.334 e. The summed E-state index contributed by atoms with van der Waals surface area (Å²) in [7, 11) is 1.81. The molecule has 5 nitrogen and oxygen atoms in total. The Balaban J connectivity index is 1.80. The summed E-state index contributed by atoms with van der Waals surface area (Å²) < 4.78 is 17.2. The van der Waals surface area contributed by atoms with Gasteiger partial charge in [-0.05, 0) is 43.8 Å². The van der Waals surface area contributed by atoms with Gasteiger partial charge in [0.2, 0.25) is 0 Å². The number of para-hydroxylation sites is 1. The van der Waals surface area contributed by atoms with Gasteiger partial charge in [-0.3, -0.25) is 9.29 Å². The number of urea groups is 1. The van der Waals surface area contributed by atoms with Gasteiger partial charge in [0.25, 0.3) is 0 Å². The maximum atomic E-state index is 13.5. The van der Waals surface area contributed by atoms with Crippen molar-refractivity contribution in [1.29, 1.82) is 0 Å². The van der Waals surface area contributed by atoms with Crippen LogP contribution in [0.25, 0.3) is 10.9 Å². The number of rotatable bonds is 6. The number of carbonyl (C=O) groups excluding carboxylic acids is 1. The monoisotopic (exact) mass is 446 g/mol. The Hall–Kier alpha value is -2.22. The van der Waals surface area contributed by atoms with Gasteiger partial charge in [-0.1, -0.05) is 48.9 Å². The molecule has 0 spiro atoms. The molecule has 3 atom stereocenters. The summed E-state index contributed by atoms with van der Waals surface area (Å²) in [6, 6.07) is 16.2. The fourth-order valence-electron chi connectivity index (χ4n) is 4.15. The van der Waals surface area contributed by atoms with E-state index >= 15 is 0 Å². The molecule has 3 unspecified atom stereocenters. The van der Waals surface area contributed by atoms with Crippen molar-refractivity contribution in [3.63, 3.8) is 0 Å². The van der Waals surface area contributed by atoms with E-state index in [2.05, 4.69) is 5.32 Å². The molecule has 0 radical (unpaired) electrons. The Labute approximate surface area is 185 Å². The van der Waals surface area contributed by atoms with Crippen molar-refractivity contribution in [2.45, 2.75) is 30.9 Å². The minimum absolute atomic E-state index is 0.163. The van der Waals surface area contributed by atoms with E-state index in [0.717, 1.165) is 16.5 Å². The van der Waals surface area contributed by atoms with Crippen molar-refractivity contribution < 1.29 is 9.18 Å². The summed E-state index contributed by atoms with van der Waals surface area (Å²) in [5, 5.41) is 4.44. The van der Waals surface area contributed by atoms with Crippen LogP contribution >= 0.6 is 23.7 Å². The SMILES string of the molecule is CCN1C(=O)N(Sn2ccc3ccccc32)C(NC)(C(C)c2ccc(F)cc2)C1Cl. The predicted molar refractivity (Wildman–Crippen MR) is 121 cm³/mol. The van der Waals surface area contributed by atoms with Crippen LogP contribution in [0.4, 0.5) is 9.18 Å². The molecule has 3 aromatic rings. The highest BCUT2D eigenvalue weighted by molar-refractivity contribution is 7.96. The van der Waals surface area contributed by atoms with E-state index in [-0.39, 0.29) is 17.8 Å². The van der Waals surface area contributed by atoms with Crippen LogP contribution in [0.5, 0.6) is 0 Å². The van der Waals surface area contributed by atoms with Crippen molar-refractivity contribution in [2.75, 3.05) is 13.6 Å². The van der Waals surface area contributed by atoms with Crippen LogP contribution in [-0.4, -0.2) is 44.0 Å². The molecule has 1 N–H and O–H groups in total. The van der Waals surface area contributed by atoms with Gasteiger partial charge in [0.15, 0.2) is 0 Å². The Morgan fingerprint density at radius 3 is 2.57 bits per heavy atom. The van der Waals surface area contributed by atoms with Crippen molar-refractivity contribution >= 4 is 40.7 Å². The molecule has 0 aliphatic carbocycles. The van der Waals surface area contributed by atoms with Gasteiger partial charge in [-0.25, -0.2) is 13.5 Å². The quantitative estimate of drug-likeness (QED) is 0.320. The molecule has 2 amide bonds. The van der Waals surface area contributed by atoms with Crippen LogP contribution < -0.4 is 5.32 Å². The molecule has 1 aromatic heterocycles. The average molecular weight is 447 g/mol. The Morgan fingerprint density at radius 2 is 1.90 bits per heavy atom. The van der Waals surface area contributed by atoms with Gasteiger partial charge in [0.05, 0.1) is 17.7 Å². The number of hydrogen-bond acceptors (Lipinski definition) is 3. The highest BCUT2D eigenvalue weighted by atomic mass is 35.5. The number of amides is 2. The average Bonchev–Trinajstić information content (AvgIpc) is 3.25. The van der Waals surface area contributed by atoms with E-state index in [9.17, 15) is 9.18 Å². The van der Waals surface area contributed by atoms with E-state index in [1.165, 1.54) is 24.3 Å². The maximum absolute atomic E-state index is 13.5. The molecule has 2 heterocycles. The Bertz CT molecular complexity index is 1060. The predicted octanol–water partition coefficient (Wildman–Crippen LogP) is 5.23. The summed E-state index contributed by atoms with van der Waals surface area (Å²) in [4.78, 5) is 15.1. The molecule has 0 bridgehead atoms. The standard InChI is InChI=1S/C22H24ClFN4OS/c1-4-26-20(23)22(25-3,15(2)16-9-11-18(24)12-10-16)28(21(26)29)30-27-14-13-17-7-5-6-8-19(17)27/h5-15,20,25H,4H2,1-3H3. The van der Waals surface area contributed by atoms with E-state index in [1.54, 1.807) is 21.3 Å². The lowest BCUT2D eigenvalue weighted by atomic mass is 9.87. The molecular formula is C22H24ClFN4OS. The van der Waals surface area contributed by atoms with Crippen LogP contribution in [0.1, 0.15) is 25.3 Å². The smallest absolute Gasteiger partial charge is 0.304 e. The van der Waals surface area contributed by atoms with E-state index in [1.807, 2.05) is 61.4 Å². The molecular weight excluding hydrogens is 423 g/mol. The number of likely N-dealkylation sites (N-methyl/N-ethyl adjacent to an activating group) is 2. The highest BCUT2D eigenvalue weighted by Crippen LogP contribution is 2.47. The molecule has 1 aliphatic rings. The first kappa shape index (κ1) is 21.0. The third kappa shape index (κ3) is 3.16. The molecule has 8 heteroatoms. The zero-order valence-corrected chi connectivity index (χ0v) is 18.6. The van der Waals surface area contributed by atoms with Crippen LogP contribution in [0, 0.1) is 5.82 Å². The van der Waals surface area contributed by atoms with Crippen LogP contribution in [0.2, 0.25) is 0 Å². The number of aromatic nitrogens is 1. The summed E-state index contributed by atoms with van der Waals surface area (Å²) in [6.45, 7) is 4.40. The molecule has 1 aliphatic heterocycles. The lowest BCUT2D eigenvalue weighted by molar-refractivity contribution is 0.173. The zero-order valence-electron chi connectivity index (χ0n) is 17.0. The second-order valence-electron chi connectivity index (χ2n) is 7.33. The number of carbonyl (C=O) groups is 1. The van der Waals surface area contributed by atoms with E-state index < -0.39 is 11.2 Å². The fraction of sp³-hybridized carbons (Fsp3) is 0.318. The van der Waals surface area contributed by atoms with E-state index in [0.29, 0.717) is 6.54 Å². The molecule has 0 saturated carbocycles. The normalized spacial score (nSPS) is 22.8. The first-order valence-corrected chi connectivity index (χ1v) is 11.0. The molecule has 30 heavy (non-hydrogen) atoms. The summed E-state index contributed by atoms with van der Waals surface area (Å²) >= 11 is 8.24. The number of benzene rings is 2. The van der Waals surface area contributed by atoms with Crippen LogP contribution in [-0.2, 0) is 0 Å². The number of alkyl halides is 1. The zero-order chi connectivity index (χ0) is 21.5. The number of halogens is 2. The van der Waals surface area contributed by atoms with E-state index in [4.69, 9.17) is 11.6 Å². The molecule has 4 rings (SSSR count). The third-order valence-corrected chi connectivity index (χ3v) is 7.58. The van der Waals surface area contributed by atoms with Gasteiger partial charge in [-0.15, -0.1) is 0 Å². The van der Waals surface area contributed by atoms with Crippen LogP contribution in [0.15, 0.2) is 60.8 Å². The Morgan fingerprint density at radius 1 is 1.20 bits per heavy atom. The van der Waals surface area contributed by atoms with Gasteiger partial charge in [0, 0.05) is 24.0 Å². The number of nitrogens with one attached hydrogen (secondary N) is 1. The van der Waals surface area contributed by atoms with Gasteiger partial charge in [-0.2, -0.15) is 0 Å². The summed E-state index contributed by atoms with van der Waals surface area (Å²) in [5.74, 6) is -0.505. The number of nitrogens with zero attached hydrogens (tertiary/aromatic N) is 3. The van der Waals surface area contributed by atoms with Crippen molar-refractivity contribution in [3.8, 4) is 0 Å². The van der Waals surface area contributed by atoms with Gasteiger partial charge >= 0.3 is 6.03 Å². The molecule has 1 fully saturated rings. The summed E-state index contributed by atoms with van der Waals surface area (Å²) in [6.07, 6.45) is 1.95. The highest BCUT2D eigenvalue weighted by Gasteiger charge is 2.59. The molecule has 158 valence electrons. The summed E-state index contributed by atoms with van der Waals surface area (Å²) in [5.41, 5.74) is 0.373. The lowest BCUT2D eigenvalue weighted by Crippen LogP contribution is -2.60. The molecule has 1 saturated heterocycles. The molecule has 2 aromatic carbocycles. The fourth-order valence-corrected chi connectivity index (χ4v) is 6.03. The first-order valence-electron chi connectivity index (χ1n) is 9.87. The second kappa shape index (κ2) is 8.13. The van der Waals surface area contributed by atoms with Crippen LogP contribution in [0.3, 0.4) is 0 Å². The third-order valence-electron chi connectivity index (χ3n) is 5.90. The topological polar surface area (TPSA) is 40.5 Å². The Kier molecular flexibility index (Phi) is 5.70. The second-order valence-corrected chi connectivity index (χ2v) is 8.66. The number of fused-ring (bicyclic) bond motifs is 1. The van der Waals surface area contributed by atoms with Crippen molar-refractivity contribution in [2.24, 2.45) is 0 Å². The van der Waals surface area contributed by atoms with Gasteiger partial charge < -0.3 is 4.90 Å².